The molecule has 2 aromatic carbocycles. The second kappa shape index (κ2) is 4.00. The average Bonchev–Trinajstić information content (AvgIpc) is 3.10. The Labute approximate surface area is 134 Å². The maximum absolute atomic E-state index is 2.57. The summed E-state index contributed by atoms with van der Waals surface area (Å²) < 4.78 is 6.37. The van der Waals surface area contributed by atoms with Gasteiger partial charge in [-0.3, -0.25) is 0 Å². The van der Waals surface area contributed by atoms with Crippen molar-refractivity contribution >= 4 is 64.9 Å². The third-order valence-electron chi connectivity index (χ3n) is 4.65. The van der Waals surface area contributed by atoms with Crippen LogP contribution in [0, 0.1) is 0 Å². The van der Waals surface area contributed by atoms with E-state index in [1.54, 1.807) is 18.5 Å². The van der Waals surface area contributed by atoms with Crippen molar-refractivity contribution in [1.82, 2.24) is 0 Å². The van der Waals surface area contributed by atoms with E-state index < -0.39 is 13.3 Å². The van der Waals surface area contributed by atoms with Crippen LogP contribution in [0.3, 0.4) is 0 Å². The minimum atomic E-state index is -2.18. The molecule has 0 unspecified atom stereocenters. The molecule has 1 aliphatic rings. The molecule has 0 N–H and O–H groups in total. The standard InChI is InChI=1S/C18H14GeS2/c1-19(2)15-11-7-3-5-9-13(11)20-17(15)18-16(19)12-8-4-6-10-14(12)21-18/h3-10H,1-2H3. The molecule has 2 aromatic heterocycles. The van der Waals surface area contributed by atoms with Crippen molar-refractivity contribution in [2.45, 2.75) is 11.5 Å². The van der Waals surface area contributed by atoms with Gasteiger partial charge in [0.2, 0.25) is 0 Å². The summed E-state index contributed by atoms with van der Waals surface area (Å²) in [5, 5.41) is 3.05. The van der Waals surface area contributed by atoms with E-state index in [9.17, 15) is 0 Å². The van der Waals surface area contributed by atoms with Crippen molar-refractivity contribution in [3.63, 3.8) is 0 Å². The molecule has 0 bridgehead atoms. The first kappa shape index (κ1) is 12.4. The summed E-state index contributed by atoms with van der Waals surface area (Å²) in [7, 11) is 0. The normalized spacial score (nSPS) is 15.5. The Morgan fingerprint density at radius 2 is 1.10 bits per heavy atom. The molecule has 4 aromatic rings. The summed E-state index contributed by atoms with van der Waals surface area (Å²) in [6.07, 6.45) is 0. The van der Waals surface area contributed by atoms with Crippen molar-refractivity contribution in [2.75, 3.05) is 0 Å². The van der Waals surface area contributed by atoms with Gasteiger partial charge in [-0.25, -0.2) is 0 Å². The molecule has 0 aliphatic carbocycles. The summed E-state index contributed by atoms with van der Waals surface area (Å²) in [4.78, 5) is 3.16. The van der Waals surface area contributed by atoms with Crippen LogP contribution in [-0.2, 0) is 0 Å². The van der Waals surface area contributed by atoms with Crippen molar-refractivity contribution in [3.05, 3.63) is 48.5 Å². The number of fused-ring (bicyclic) bond motifs is 7. The Kier molecular flexibility index (Phi) is 2.37. The van der Waals surface area contributed by atoms with Gasteiger partial charge in [0, 0.05) is 0 Å². The first-order valence-corrected chi connectivity index (χ1v) is 15.1. The molecule has 0 amide bonds. The summed E-state index contributed by atoms with van der Waals surface area (Å²) in [6.45, 7) is 0. The molecule has 3 heterocycles. The summed E-state index contributed by atoms with van der Waals surface area (Å²) in [5.41, 5.74) is 0. The van der Waals surface area contributed by atoms with E-state index in [2.05, 4.69) is 60.0 Å². The van der Waals surface area contributed by atoms with Gasteiger partial charge in [-0.15, -0.1) is 0 Å². The summed E-state index contributed by atoms with van der Waals surface area (Å²) in [5.74, 6) is 5.14. The van der Waals surface area contributed by atoms with E-state index in [0.717, 1.165) is 0 Å². The van der Waals surface area contributed by atoms with Crippen LogP contribution in [0.5, 0.6) is 0 Å². The number of hydrogen-bond acceptors (Lipinski definition) is 2. The molecule has 3 heteroatoms. The maximum atomic E-state index is 2.57. The Morgan fingerprint density at radius 1 is 0.667 bits per heavy atom. The first-order chi connectivity index (χ1) is 10.2. The van der Waals surface area contributed by atoms with Crippen LogP contribution in [0.1, 0.15) is 0 Å². The Hall–Kier alpha value is -1.10. The van der Waals surface area contributed by atoms with Crippen molar-refractivity contribution in [1.29, 1.82) is 0 Å². The summed E-state index contributed by atoms with van der Waals surface area (Å²) >= 11 is 1.83. The van der Waals surface area contributed by atoms with Crippen molar-refractivity contribution in [2.24, 2.45) is 0 Å². The van der Waals surface area contributed by atoms with Gasteiger partial charge < -0.3 is 0 Å². The van der Waals surface area contributed by atoms with Gasteiger partial charge in [0.25, 0.3) is 0 Å². The van der Waals surface area contributed by atoms with Crippen molar-refractivity contribution in [3.8, 4) is 9.75 Å². The molecule has 0 nitrogen and oxygen atoms in total. The average molecular weight is 367 g/mol. The third-order valence-corrected chi connectivity index (χ3v) is 15.3. The molecule has 1 aliphatic heterocycles. The molecular weight excluding hydrogens is 353 g/mol. The Bertz CT molecular complexity index is 938. The molecule has 0 saturated heterocycles. The molecule has 21 heavy (non-hydrogen) atoms. The third kappa shape index (κ3) is 1.46. The van der Waals surface area contributed by atoms with E-state index in [1.165, 1.54) is 20.2 Å². The first-order valence-electron chi connectivity index (χ1n) is 7.22. The molecular formula is C18H14GeS2. The van der Waals surface area contributed by atoms with Crippen LogP contribution in [0.25, 0.3) is 29.9 Å². The molecule has 0 saturated carbocycles. The van der Waals surface area contributed by atoms with E-state index in [4.69, 9.17) is 0 Å². The van der Waals surface area contributed by atoms with Gasteiger partial charge in [-0.2, -0.15) is 0 Å². The molecule has 0 fully saturated rings. The second-order valence-corrected chi connectivity index (χ2v) is 17.3. The molecule has 0 radical (unpaired) electrons. The molecule has 0 spiro atoms. The fraction of sp³-hybridized carbons (Fsp3) is 0.111. The van der Waals surface area contributed by atoms with Crippen LogP contribution in [0.2, 0.25) is 11.5 Å². The van der Waals surface area contributed by atoms with Crippen LogP contribution in [0.4, 0.5) is 0 Å². The van der Waals surface area contributed by atoms with E-state index in [1.807, 2.05) is 22.7 Å². The quantitative estimate of drug-likeness (QED) is 0.387. The zero-order valence-corrected chi connectivity index (χ0v) is 15.7. The molecule has 102 valence electrons. The van der Waals surface area contributed by atoms with Gasteiger partial charge in [0.1, 0.15) is 0 Å². The molecule has 0 atom stereocenters. The van der Waals surface area contributed by atoms with E-state index in [0.29, 0.717) is 0 Å². The number of hydrogen-bond donors (Lipinski definition) is 0. The van der Waals surface area contributed by atoms with Crippen LogP contribution < -0.4 is 8.79 Å². The number of thiophene rings is 2. The zero-order chi connectivity index (χ0) is 14.2. The van der Waals surface area contributed by atoms with Crippen LogP contribution >= 0.6 is 22.7 Å². The van der Waals surface area contributed by atoms with Crippen molar-refractivity contribution < 1.29 is 0 Å². The Morgan fingerprint density at radius 3 is 1.57 bits per heavy atom. The van der Waals surface area contributed by atoms with E-state index in [-0.39, 0.29) is 0 Å². The summed E-state index contributed by atoms with van der Waals surface area (Å²) in [6, 6.07) is 17.9. The predicted molar refractivity (Wildman–Crippen MR) is 99.4 cm³/mol. The van der Waals surface area contributed by atoms with Crippen LogP contribution in [-0.4, -0.2) is 13.3 Å². The van der Waals surface area contributed by atoms with Gasteiger partial charge in [0.05, 0.1) is 0 Å². The monoisotopic (exact) mass is 368 g/mol. The van der Waals surface area contributed by atoms with Gasteiger partial charge in [0.15, 0.2) is 0 Å². The fourth-order valence-corrected chi connectivity index (χ4v) is 17.4. The number of benzene rings is 2. The molecule has 5 rings (SSSR count). The van der Waals surface area contributed by atoms with Gasteiger partial charge in [-0.05, 0) is 0 Å². The zero-order valence-electron chi connectivity index (χ0n) is 11.9. The Balaban J connectivity index is 2.00. The minimum absolute atomic E-state index is 1.46. The predicted octanol–water partition coefficient (Wildman–Crippen LogP) is 4.92. The topological polar surface area (TPSA) is 0 Å². The SMILES string of the molecule is [CH3][Ge]1([CH3])[c]2c(sc3ccccc23)-c2sc3ccccc3[c]21. The number of rotatable bonds is 0. The van der Waals surface area contributed by atoms with E-state index >= 15 is 0 Å². The van der Waals surface area contributed by atoms with Gasteiger partial charge in [-0.1, -0.05) is 0 Å². The van der Waals surface area contributed by atoms with Crippen LogP contribution in [0.15, 0.2) is 48.5 Å². The fourth-order valence-electron chi connectivity index (χ4n) is 3.78. The second-order valence-electron chi connectivity index (χ2n) is 6.23. The van der Waals surface area contributed by atoms with Gasteiger partial charge >= 0.3 is 135 Å².